The van der Waals surface area contributed by atoms with Gasteiger partial charge in [-0.05, 0) is 67.6 Å². The molecule has 0 spiro atoms. The van der Waals surface area contributed by atoms with Crippen molar-refractivity contribution < 1.29 is 4.74 Å². The molecule has 0 fully saturated rings. The van der Waals surface area contributed by atoms with E-state index in [9.17, 15) is 0 Å². The third-order valence-corrected chi connectivity index (χ3v) is 6.00. The van der Waals surface area contributed by atoms with Crippen molar-refractivity contribution in [3.8, 4) is 28.4 Å². The Morgan fingerprint density at radius 1 is 0.727 bits per heavy atom. The molecular formula is C28H22N4O. The third-order valence-electron chi connectivity index (χ3n) is 6.00. The summed E-state index contributed by atoms with van der Waals surface area (Å²) in [6.45, 7) is 3.11. The van der Waals surface area contributed by atoms with Gasteiger partial charge in [0, 0.05) is 33.9 Å². The van der Waals surface area contributed by atoms with Gasteiger partial charge in [-0.2, -0.15) is 0 Å². The Morgan fingerprint density at radius 2 is 1.45 bits per heavy atom. The monoisotopic (exact) mass is 430 g/mol. The minimum atomic E-state index is 0.790. The SMILES string of the molecule is CCn1c2ccccc2c2cc(-n3nncc3-c3ccc(Oc4ccccc4)cc3)ccc21. The minimum absolute atomic E-state index is 0.790. The molecule has 6 aromatic rings. The summed E-state index contributed by atoms with van der Waals surface area (Å²) in [7, 11) is 0. The molecule has 5 nitrogen and oxygen atoms in total. The molecule has 0 radical (unpaired) electrons. The van der Waals surface area contributed by atoms with E-state index in [2.05, 4.69) is 64.3 Å². The van der Waals surface area contributed by atoms with Crippen molar-refractivity contribution in [3.63, 3.8) is 0 Å². The summed E-state index contributed by atoms with van der Waals surface area (Å²) in [5.41, 5.74) is 5.42. The first-order chi connectivity index (χ1) is 16.3. The van der Waals surface area contributed by atoms with Gasteiger partial charge in [0.05, 0.1) is 17.6 Å². The van der Waals surface area contributed by atoms with Gasteiger partial charge in [-0.25, -0.2) is 4.68 Å². The van der Waals surface area contributed by atoms with Crippen molar-refractivity contribution in [2.24, 2.45) is 0 Å². The molecule has 0 aliphatic rings. The van der Waals surface area contributed by atoms with Crippen LogP contribution in [0.5, 0.6) is 11.5 Å². The van der Waals surface area contributed by atoms with E-state index in [1.807, 2.05) is 59.3 Å². The maximum Gasteiger partial charge on any atom is 0.127 e. The second kappa shape index (κ2) is 7.95. The molecule has 0 aliphatic heterocycles. The molecule has 2 heterocycles. The van der Waals surface area contributed by atoms with E-state index in [0.717, 1.165) is 35.0 Å². The van der Waals surface area contributed by atoms with Crippen LogP contribution in [0.15, 0.2) is 103 Å². The maximum atomic E-state index is 5.93. The lowest BCUT2D eigenvalue weighted by atomic mass is 10.1. The molecule has 6 rings (SSSR count). The second-order valence-corrected chi connectivity index (χ2v) is 7.93. The standard InChI is InChI=1S/C28H22N4O/c1-2-31-26-11-7-6-10-24(26)25-18-21(14-17-27(25)31)32-28(19-29-30-32)20-12-15-23(16-13-20)33-22-8-4-3-5-9-22/h3-19H,2H2,1H3. The van der Waals surface area contributed by atoms with Crippen LogP contribution in [-0.4, -0.2) is 19.6 Å². The molecule has 2 aromatic heterocycles. The first-order valence-corrected chi connectivity index (χ1v) is 11.1. The highest BCUT2D eigenvalue weighted by Crippen LogP contribution is 2.32. The molecule has 0 N–H and O–H groups in total. The second-order valence-electron chi connectivity index (χ2n) is 7.93. The number of hydrogen-bond donors (Lipinski definition) is 0. The molecule has 0 bridgehead atoms. The van der Waals surface area contributed by atoms with E-state index >= 15 is 0 Å². The van der Waals surface area contributed by atoms with Gasteiger partial charge < -0.3 is 9.30 Å². The molecule has 0 unspecified atom stereocenters. The highest BCUT2D eigenvalue weighted by molar-refractivity contribution is 6.08. The van der Waals surface area contributed by atoms with Gasteiger partial charge in [-0.15, -0.1) is 5.10 Å². The highest BCUT2D eigenvalue weighted by Gasteiger charge is 2.13. The van der Waals surface area contributed by atoms with Crippen molar-refractivity contribution in [1.82, 2.24) is 19.6 Å². The van der Waals surface area contributed by atoms with Gasteiger partial charge in [-0.3, -0.25) is 0 Å². The molecule has 4 aromatic carbocycles. The Morgan fingerprint density at radius 3 is 2.27 bits per heavy atom. The average molecular weight is 431 g/mol. The maximum absolute atomic E-state index is 5.93. The summed E-state index contributed by atoms with van der Waals surface area (Å²) >= 11 is 0. The van der Waals surface area contributed by atoms with Crippen LogP contribution in [0.2, 0.25) is 0 Å². The molecular weight excluding hydrogens is 408 g/mol. The summed E-state index contributed by atoms with van der Waals surface area (Å²) in [5, 5.41) is 11.1. The zero-order valence-corrected chi connectivity index (χ0v) is 18.2. The van der Waals surface area contributed by atoms with Gasteiger partial charge in [0.25, 0.3) is 0 Å². The number of para-hydroxylation sites is 2. The zero-order valence-electron chi connectivity index (χ0n) is 18.2. The van der Waals surface area contributed by atoms with Crippen LogP contribution in [0.4, 0.5) is 0 Å². The van der Waals surface area contributed by atoms with Crippen molar-refractivity contribution in [2.45, 2.75) is 13.5 Å². The number of ether oxygens (including phenoxy) is 1. The molecule has 0 atom stereocenters. The molecule has 0 saturated carbocycles. The van der Waals surface area contributed by atoms with Crippen LogP contribution in [0.3, 0.4) is 0 Å². The predicted molar refractivity (Wildman–Crippen MR) is 132 cm³/mol. The highest BCUT2D eigenvalue weighted by atomic mass is 16.5. The molecule has 0 aliphatic carbocycles. The Hall–Kier alpha value is -4.38. The van der Waals surface area contributed by atoms with Crippen LogP contribution in [0, 0.1) is 0 Å². The van der Waals surface area contributed by atoms with E-state index in [-0.39, 0.29) is 0 Å². The minimum Gasteiger partial charge on any atom is -0.457 e. The fraction of sp³-hybridized carbons (Fsp3) is 0.0714. The Balaban J connectivity index is 1.38. The molecule has 0 saturated heterocycles. The molecule has 160 valence electrons. The summed E-state index contributed by atoms with van der Waals surface area (Å²) in [6, 6.07) is 32.8. The van der Waals surface area contributed by atoms with Gasteiger partial charge in [0.1, 0.15) is 11.5 Å². The zero-order chi connectivity index (χ0) is 22.2. The number of rotatable bonds is 5. The van der Waals surface area contributed by atoms with Crippen molar-refractivity contribution in [3.05, 3.63) is 103 Å². The number of nitrogens with zero attached hydrogens (tertiary/aromatic N) is 4. The smallest absolute Gasteiger partial charge is 0.127 e. The van der Waals surface area contributed by atoms with Crippen LogP contribution in [0.1, 0.15) is 6.92 Å². The Labute approximate surface area is 191 Å². The Bertz CT molecular complexity index is 1560. The lowest BCUT2D eigenvalue weighted by Gasteiger charge is -2.09. The van der Waals surface area contributed by atoms with Crippen LogP contribution in [0.25, 0.3) is 38.8 Å². The van der Waals surface area contributed by atoms with Crippen molar-refractivity contribution in [1.29, 1.82) is 0 Å². The average Bonchev–Trinajstić information content (AvgIpc) is 3.48. The summed E-state index contributed by atoms with van der Waals surface area (Å²) in [4.78, 5) is 0. The molecule has 0 amide bonds. The Kier molecular flexibility index (Phi) is 4.65. The number of hydrogen-bond acceptors (Lipinski definition) is 3. The predicted octanol–water partition coefficient (Wildman–Crippen LogP) is 6.85. The number of fused-ring (bicyclic) bond motifs is 3. The van der Waals surface area contributed by atoms with Crippen LogP contribution >= 0.6 is 0 Å². The summed E-state index contributed by atoms with van der Waals surface area (Å²) in [5.74, 6) is 1.61. The lowest BCUT2D eigenvalue weighted by molar-refractivity contribution is 0.483. The first kappa shape index (κ1) is 19.3. The quantitative estimate of drug-likeness (QED) is 0.300. The van der Waals surface area contributed by atoms with Crippen molar-refractivity contribution >= 4 is 21.8 Å². The molecule has 33 heavy (non-hydrogen) atoms. The number of aryl methyl sites for hydroxylation is 1. The van der Waals surface area contributed by atoms with Gasteiger partial charge in [0.15, 0.2) is 0 Å². The number of aromatic nitrogens is 4. The lowest BCUT2D eigenvalue weighted by Crippen LogP contribution is -2.00. The van der Waals surface area contributed by atoms with Gasteiger partial charge in [0.2, 0.25) is 0 Å². The number of benzene rings is 4. The van der Waals surface area contributed by atoms with Gasteiger partial charge in [-0.1, -0.05) is 41.6 Å². The van der Waals surface area contributed by atoms with E-state index in [1.165, 1.54) is 21.8 Å². The fourth-order valence-electron chi connectivity index (χ4n) is 4.46. The van der Waals surface area contributed by atoms with E-state index < -0.39 is 0 Å². The molecule has 5 heteroatoms. The van der Waals surface area contributed by atoms with E-state index in [4.69, 9.17) is 4.74 Å². The summed E-state index contributed by atoms with van der Waals surface area (Å²) < 4.78 is 10.2. The van der Waals surface area contributed by atoms with Crippen molar-refractivity contribution in [2.75, 3.05) is 0 Å². The largest absolute Gasteiger partial charge is 0.457 e. The van der Waals surface area contributed by atoms with E-state index in [1.54, 1.807) is 6.20 Å². The fourth-order valence-corrected chi connectivity index (χ4v) is 4.46. The van der Waals surface area contributed by atoms with Gasteiger partial charge >= 0.3 is 0 Å². The van der Waals surface area contributed by atoms with E-state index in [0.29, 0.717) is 0 Å². The topological polar surface area (TPSA) is 44.9 Å². The third kappa shape index (κ3) is 3.34. The van der Waals surface area contributed by atoms with Crippen LogP contribution < -0.4 is 4.74 Å². The first-order valence-electron chi connectivity index (χ1n) is 11.1. The summed E-state index contributed by atoms with van der Waals surface area (Å²) in [6.07, 6.45) is 1.80. The normalized spacial score (nSPS) is 11.3. The van der Waals surface area contributed by atoms with Crippen LogP contribution in [-0.2, 0) is 6.54 Å².